The third-order valence-electron chi connectivity index (χ3n) is 12.1. The van der Waals surface area contributed by atoms with Crippen LogP contribution in [-0.2, 0) is 19.2 Å². The van der Waals surface area contributed by atoms with Crippen LogP contribution in [0.1, 0.15) is 42.4 Å². The number of benzene rings is 4. The predicted molar refractivity (Wildman–Crippen MR) is 212 cm³/mol. The van der Waals surface area contributed by atoms with Gasteiger partial charge in [-0.3, -0.25) is 24.1 Å². The molecule has 4 amide bonds. The molecule has 4 aliphatic rings. The molecule has 0 unspecified atom stereocenters. The minimum atomic E-state index is -1.29. The molecule has 2 saturated heterocycles. The molecule has 1 N–H and O–H groups in total. The Labute approximate surface area is 334 Å². The van der Waals surface area contributed by atoms with Gasteiger partial charge in [-0.2, -0.15) is 0 Å². The number of carbonyl (C=O) groups is 4. The third kappa shape index (κ3) is 6.29. The van der Waals surface area contributed by atoms with Gasteiger partial charge >= 0.3 is 0 Å². The molecule has 2 heterocycles. The van der Waals surface area contributed by atoms with Crippen molar-refractivity contribution in [2.45, 2.75) is 25.7 Å². The lowest BCUT2D eigenvalue weighted by Crippen LogP contribution is -2.48. The Morgan fingerprint density at radius 2 is 1.54 bits per heavy atom. The molecule has 2 aliphatic carbocycles. The van der Waals surface area contributed by atoms with Crippen LogP contribution in [0.3, 0.4) is 0 Å². The maximum atomic E-state index is 14.7. The topological polar surface area (TPSA) is 123 Å². The fraction of sp³-hybridized carbons (Fsp3) is 0.289. The average Bonchev–Trinajstić information content (AvgIpc) is 3.59. The number of hydrogen-bond donors (Lipinski definition) is 1. The second kappa shape index (κ2) is 14.9. The number of ether oxygens (including phenoxy) is 3. The summed E-state index contributed by atoms with van der Waals surface area (Å²) in [6, 6.07) is 23.6. The fourth-order valence-electron chi connectivity index (χ4n) is 9.33. The lowest BCUT2D eigenvalue weighted by atomic mass is 9.51. The Kier molecular flexibility index (Phi) is 9.99. The highest BCUT2D eigenvalue weighted by Gasteiger charge is 2.67. The summed E-state index contributed by atoms with van der Waals surface area (Å²) >= 11 is 6.13. The molecule has 6 atom stereocenters. The molecule has 8 rings (SSSR count). The number of amides is 4. The molecule has 10 nitrogen and oxygen atoms in total. The molecule has 4 aromatic rings. The van der Waals surface area contributed by atoms with E-state index < -0.39 is 52.6 Å². The number of methoxy groups -OCH3 is 2. The first-order valence-corrected chi connectivity index (χ1v) is 19.1. The molecule has 0 radical (unpaired) electrons. The van der Waals surface area contributed by atoms with Gasteiger partial charge in [0.05, 0.1) is 60.4 Å². The van der Waals surface area contributed by atoms with Gasteiger partial charge in [0, 0.05) is 11.5 Å². The minimum absolute atomic E-state index is 0.103. The van der Waals surface area contributed by atoms with E-state index in [0.29, 0.717) is 22.9 Å². The van der Waals surface area contributed by atoms with Gasteiger partial charge in [0.25, 0.3) is 0 Å². The summed E-state index contributed by atoms with van der Waals surface area (Å²) in [5.74, 6) is -3.81. The maximum absolute atomic E-state index is 14.7. The molecule has 3 fully saturated rings. The highest BCUT2D eigenvalue weighted by Crippen LogP contribution is 2.63. The van der Waals surface area contributed by atoms with E-state index in [2.05, 4.69) is 0 Å². The highest BCUT2D eigenvalue weighted by atomic mass is 35.5. The lowest BCUT2D eigenvalue weighted by Gasteiger charge is -2.49. The van der Waals surface area contributed by atoms with Crippen LogP contribution in [0, 0.1) is 34.9 Å². The molecule has 0 aromatic heterocycles. The highest BCUT2D eigenvalue weighted by molar-refractivity contribution is 6.32. The standard InChI is InChI=1S/C45H40ClFN2O8/c1-45-35(42(52)49(44(45)54)29-12-18-37(47)36(46)23-29)24-34-32(40(45)26-8-13-30(14-9-26)57-21-20-50)16-17-33-39(34)43(53)48(41(33)51)28-10-5-25(6-11-28)4-7-27-22-31(55-2)15-19-38(27)56-3/h4-16,18-19,22-23,33-35,39-40,50H,17,20-21,24H2,1-3H3/t33-,34+,35-,39-,40-,45+/m0/s1. The van der Waals surface area contributed by atoms with E-state index in [1.807, 2.05) is 60.7 Å². The Morgan fingerprint density at radius 1 is 0.825 bits per heavy atom. The van der Waals surface area contributed by atoms with Gasteiger partial charge in [-0.15, -0.1) is 0 Å². The molecule has 0 spiro atoms. The smallest absolute Gasteiger partial charge is 0.241 e. The van der Waals surface area contributed by atoms with Crippen molar-refractivity contribution in [2.24, 2.45) is 29.1 Å². The number of aliphatic hydroxyl groups is 1. The van der Waals surface area contributed by atoms with Crippen LogP contribution < -0.4 is 24.0 Å². The van der Waals surface area contributed by atoms with E-state index in [4.69, 9.17) is 25.8 Å². The Bertz CT molecular complexity index is 2340. The SMILES string of the molecule is COc1ccc(OC)c(C=Cc2ccc(N3C(=O)[C@H]4[C@H](CC=C5[C@H]4C[C@H]4C(=O)N(c6ccc(F)c(Cl)c6)C(=O)[C@@]4(C)[C@H]5c4ccc(OCCO)cc4)C3=O)cc2)c1. The number of allylic oxidation sites excluding steroid dienone is 2. The van der Waals surface area contributed by atoms with Crippen molar-refractivity contribution < 1.29 is 42.9 Å². The average molecular weight is 791 g/mol. The summed E-state index contributed by atoms with van der Waals surface area (Å²) in [7, 11) is 3.19. The number of hydrogen-bond acceptors (Lipinski definition) is 8. The first-order chi connectivity index (χ1) is 27.5. The zero-order valence-electron chi connectivity index (χ0n) is 31.5. The normalized spacial score (nSPS) is 25.4. The summed E-state index contributed by atoms with van der Waals surface area (Å²) in [6.45, 7) is 1.72. The minimum Gasteiger partial charge on any atom is -0.497 e. The number of halogens is 2. The maximum Gasteiger partial charge on any atom is 0.241 e. The van der Waals surface area contributed by atoms with E-state index in [0.717, 1.165) is 33.2 Å². The van der Waals surface area contributed by atoms with Gasteiger partial charge in [0.15, 0.2) is 0 Å². The molecule has 12 heteroatoms. The number of nitrogens with zero attached hydrogens (tertiary/aromatic N) is 2. The van der Waals surface area contributed by atoms with E-state index in [9.17, 15) is 28.7 Å². The quantitative estimate of drug-likeness (QED) is 0.0998. The van der Waals surface area contributed by atoms with Crippen LogP contribution in [-0.4, -0.2) is 56.2 Å². The summed E-state index contributed by atoms with van der Waals surface area (Å²) in [5, 5.41) is 9.04. The second-order valence-electron chi connectivity index (χ2n) is 14.9. The van der Waals surface area contributed by atoms with Gasteiger partial charge in [-0.25, -0.2) is 9.29 Å². The van der Waals surface area contributed by atoms with Crippen molar-refractivity contribution >= 4 is 58.8 Å². The molecule has 1 saturated carbocycles. The second-order valence-corrected chi connectivity index (χ2v) is 15.4. The summed E-state index contributed by atoms with van der Waals surface area (Å²) in [6.07, 6.45) is 6.23. The molecular weight excluding hydrogens is 751 g/mol. The summed E-state index contributed by atoms with van der Waals surface area (Å²) < 4.78 is 30.7. The first kappa shape index (κ1) is 38.1. The number of carbonyl (C=O) groups excluding carboxylic acids is 4. The third-order valence-corrected chi connectivity index (χ3v) is 12.3. The van der Waals surface area contributed by atoms with Crippen molar-refractivity contribution in [3.8, 4) is 17.2 Å². The molecule has 292 valence electrons. The molecule has 0 bridgehead atoms. The van der Waals surface area contributed by atoms with Crippen LogP contribution in [0.15, 0.2) is 96.6 Å². The van der Waals surface area contributed by atoms with Crippen molar-refractivity contribution in [3.63, 3.8) is 0 Å². The predicted octanol–water partition coefficient (Wildman–Crippen LogP) is 7.47. The number of rotatable bonds is 10. The Balaban J connectivity index is 1.13. The van der Waals surface area contributed by atoms with Crippen molar-refractivity contribution in [3.05, 3.63) is 124 Å². The van der Waals surface area contributed by atoms with Gasteiger partial charge in [0.1, 0.15) is 29.7 Å². The van der Waals surface area contributed by atoms with Crippen molar-refractivity contribution in [1.29, 1.82) is 0 Å². The molecule has 57 heavy (non-hydrogen) atoms. The monoisotopic (exact) mass is 790 g/mol. The van der Waals surface area contributed by atoms with Gasteiger partial charge < -0.3 is 19.3 Å². The molecular formula is C45H40ClFN2O8. The summed E-state index contributed by atoms with van der Waals surface area (Å²) in [4.78, 5) is 60.2. The van der Waals surface area contributed by atoms with Crippen molar-refractivity contribution in [1.82, 2.24) is 0 Å². The fourth-order valence-corrected chi connectivity index (χ4v) is 9.51. The number of anilines is 2. The van der Waals surface area contributed by atoms with Crippen molar-refractivity contribution in [2.75, 3.05) is 37.2 Å². The van der Waals surface area contributed by atoms with Crippen LogP contribution in [0.2, 0.25) is 5.02 Å². The Morgan fingerprint density at radius 3 is 2.23 bits per heavy atom. The van der Waals surface area contributed by atoms with E-state index in [1.165, 1.54) is 17.0 Å². The lowest BCUT2D eigenvalue weighted by molar-refractivity contribution is -0.131. The van der Waals surface area contributed by atoms with Crippen LogP contribution in [0.4, 0.5) is 15.8 Å². The Hall–Kier alpha value is -5.78. The van der Waals surface area contributed by atoms with Crippen LogP contribution >= 0.6 is 11.6 Å². The van der Waals surface area contributed by atoms with Crippen LogP contribution in [0.25, 0.3) is 12.2 Å². The van der Waals surface area contributed by atoms with Crippen LogP contribution in [0.5, 0.6) is 17.2 Å². The van der Waals surface area contributed by atoms with E-state index >= 15 is 0 Å². The van der Waals surface area contributed by atoms with E-state index in [1.54, 1.807) is 45.4 Å². The largest absolute Gasteiger partial charge is 0.497 e. The zero-order valence-corrected chi connectivity index (χ0v) is 32.2. The number of aliphatic hydroxyl groups excluding tert-OH is 1. The number of imide groups is 2. The summed E-state index contributed by atoms with van der Waals surface area (Å²) in [5.41, 5.74) is 2.53. The van der Waals surface area contributed by atoms with Gasteiger partial charge in [-0.05, 0) is 97.5 Å². The molecule has 4 aromatic carbocycles. The van der Waals surface area contributed by atoms with Gasteiger partial charge in [0.2, 0.25) is 23.6 Å². The van der Waals surface area contributed by atoms with E-state index in [-0.39, 0.29) is 48.6 Å². The van der Waals surface area contributed by atoms with Gasteiger partial charge in [-0.1, -0.05) is 59.7 Å². The molecule has 2 aliphatic heterocycles. The first-order valence-electron chi connectivity index (χ1n) is 18.7. The number of fused-ring (bicyclic) bond motifs is 4. The zero-order chi connectivity index (χ0) is 40.2.